The molecule has 90 valence electrons. The standard InChI is InChI=1S/C12H20N2OS/c1-5-10-8(2)6-11(16-10)12(15)14(4)9(3)7-13/h6,9H,5,7,13H2,1-4H3. The lowest BCUT2D eigenvalue weighted by atomic mass is 10.2. The highest BCUT2D eigenvalue weighted by atomic mass is 32.1. The highest BCUT2D eigenvalue weighted by Crippen LogP contribution is 2.23. The molecule has 0 aliphatic carbocycles. The predicted molar refractivity (Wildman–Crippen MR) is 69.0 cm³/mol. The molecule has 1 amide bonds. The zero-order chi connectivity index (χ0) is 12.3. The van der Waals surface area contributed by atoms with Gasteiger partial charge < -0.3 is 10.6 Å². The van der Waals surface area contributed by atoms with E-state index in [-0.39, 0.29) is 11.9 Å². The van der Waals surface area contributed by atoms with E-state index in [4.69, 9.17) is 5.73 Å². The van der Waals surface area contributed by atoms with Gasteiger partial charge in [-0.3, -0.25) is 4.79 Å². The SMILES string of the molecule is CCc1sc(C(=O)N(C)C(C)CN)cc1C. The zero-order valence-corrected chi connectivity index (χ0v) is 11.2. The molecule has 1 aromatic rings. The Kier molecular flexibility index (Phi) is 4.50. The Morgan fingerprint density at radius 1 is 1.62 bits per heavy atom. The molecular weight excluding hydrogens is 220 g/mol. The van der Waals surface area contributed by atoms with Gasteiger partial charge in [-0.1, -0.05) is 6.92 Å². The molecule has 0 saturated carbocycles. The highest BCUT2D eigenvalue weighted by molar-refractivity contribution is 7.14. The monoisotopic (exact) mass is 240 g/mol. The van der Waals surface area contributed by atoms with Crippen molar-refractivity contribution in [2.45, 2.75) is 33.2 Å². The number of hydrogen-bond donors (Lipinski definition) is 1. The Balaban J connectivity index is 2.88. The van der Waals surface area contributed by atoms with Gasteiger partial charge in [-0.2, -0.15) is 0 Å². The van der Waals surface area contributed by atoms with Crippen LogP contribution >= 0.6 is 11.3 Å². The number of hydrogen-bond acceptors (Lipinski definition) is 3. The van der Waals surface area contributed by atoms with Crippen LogP contribution < -0.4 is 5.73 Å². The third-order valence-corrected chi connectivity index (χ3v) is 4.24. The van der Waals surface area contributed by atoms with Crippen LogP contribution in [0, 0.1) is 6.92 Å². The van der Waals surface area contributed by atoms with E-state index in [0.29, 0.717) is 6.54 Å². The van der Waals surface area contributed by atoms with E-state index in [1.165, 1.54) is 10.4 Å². The van der Waals surface area contributed by atoms with Crippen LogP contribution in [0.15, 0.2) is 6.07 Å². The van der Waals surface area contributed by atoms with Crippen molar-refractivity contribution < 1.29 is 4.79 Å². The van der Waals surface area contributed by atoms with E-state index < -0.39 is 0 Å². The Morgan fingerprint density at radius 2 is 2.25 bits per heavy atom. The molecule has 0 aromatic carbocycles. The van der Waals surface area contributed by atoms with Crippen LogP contribution in [0.1, 0.15) is 34.0 Å². The minimum Gasteiger partial charge on any atom is -0.337 e. The number of thiophene rings is 1. The molecule has 1 heterocycles. The average Bonchev–Trinajstić information content (AvgIpc) is 2.67. The van der Waals surface area contributed by atoms with Gasteiger partial charge in [-0.25, -0.2) is 0 Å². The third kappa shape index (κ3) is 2.62. The summed E-state index contributed by atoms with van der Waals surface area (Å²) in [6.07, 6.45) is 0.986. The summed E-state index contributed by atoms with van der Waals surface area (Å²) in [7, 11) is 1.81. The van der Waals surface area contributed by atoms with E-state index in [9.17, 15) is 4.79 Å². The number of carbonyl (C=O) groups is 1. The summed E-state index contributed by atoms with van der Waals surface area (Å²) in [5.41, 5.74) is 6.77. The average molecular weight is 240 g/mol. The number of nitrogens with two attached hydrogens (primary N) is 1. The predicted octanol–water partition coefficient (Wildman–Crippen LogP) is 2.04. The molecule has 1 atom stereocenters. The van der Waals surface area contributed by atoms with Crippen molar-refractivity contribution in [2.75, 3.05) is 13.6 Å². The van der Waals surface area contributed by atoms with E-state index >= 15 is 0 Å². The van der Waals surface area contributed by atoms with Gasteiger partial charge >= 0.3 is 0 Å². The van der Waals surface area contributed by atoms with Gasteiger partial charge in [0, 0.05) is 24.5 Å². The van der Waals surface area contributed by atoms with Crippen LogP contribution in [-0.2, 0) is 6.42 Å². The minimum atomic E-state index is 0.0748. The van der Waals surface area contributed by atoms with Crippen molar-refractivity contribution in [3.63, 3.8) is 0 Å². The molecule has 1 unspecified atom stereocenters. The fraction of sp³-hybridized carbons (Fsp3) is 0.583. The Hall–Kier alpha value is -0.870. The molecule has 0 saturated heterocycles. The van der Waals surface area contributed by atoms with Crippen LogP contribution in [0.25, 0.3) is 0 Å². The molecule has 0 aliphatic heterocycles. The summed E-state index contributed by atoms with van der Waals surface area (Å²) in [6.45, 7) is 6.62. The lowest BCUT2D eigenvalue weighted by Crippen LogP contribution is -2.39. The summed E-state index contributed by atoms with van der Waals surface area (Å²) in [4.78, 5) is 15.9. The number of aryl methyl sites for hydroxylation is 2. The molecule has 2 N–H and O–H groups in total. The fourth-order valence-corrected chi connectivity index (χ4v) is 2.61. The second-order valence-corrected chi connectivity index (χ2v) is 5.21. The van der Waals surface area contributed by atoms with Gasteiger partial charge in [0.15, 0.2) is 0 Å². The van der Waals surface area contributed by atoms with Crippen molar-refractivity contribution in [1.82, 2.24) is 4.90 Å². The second-order valence-electron chi connectivity index (χ2n) is 4.07. The van der Waals surface area contributed by atoms with Crippen molar-refractivity contribution >= 4 is 17.2 Å². The first-order valence-electron chi connectivity index (χ1n) is 5.57. The number of nitrogens with zero attached hydrogens (tertiary/aromatic N) is 1. The number of amides is 1. The molecule has 0 fully saturated rings. The third-order valence-electron chi connectivity index (χ3n) is 2.88. The van der Waals surface area contributed by atoms with Gasteiger partial charge in [0.1, 0.15) is 0 Å². The van der Waals surface area contributed by atoms with Crippen molar-refractivity contribution in [1.29, 1.82) is 0 Å². The van der Waals surface area contributed by atoms with Crippen molar-refractivity contribution in [3.05, 3.63) is 21.4 Å². The largest absolute Gasteiger partial charge is 0.337 e. The number of carbonyl (C=O) groups excluding carboxylic acids is 1. The van der Waals surface area contributed by atoms with Crippen molar-refractivity contribution in [3.8, 4) is 0 Å². The first-order chi connectivity index (χ1) is 7.51. The van der Waals surface area contributed by atoms with Crippen molar-refractivity contribution in [2.24, 2.45) is 5.73 Å². The molecule has 4 heteroatoms. The quantitative estimate of drug-likeness (QED) is 0.875. The molecule has 0 bridgehead atoms. The van der Waals surface area contributed by atoms with Crippen LogP contribution in [0.2, 0.25) is 0 Å². The molecule has 0 aliphatic rings. The maximum absolute atomic E-state index is 12.1. The smallest absolute Gasteiger partial charge is 0.263 e. The summed E-state index contributed by atoms with van der Waals surface area (Å²) in [6, 6.07) is 2.06. The lowest BCUT2D eigenvalue weighted by molar-refractivity contribution is 0.0753. The van der Waals surface area contributed by atoms with Crippen LogP contribution in [0.5, 0.6) is 0 Å². The molecule has 1 rings (SSSR count). The molecule has 1 aromatic heterocycles. The molecule has 16 heavy (non-hydrogen) atoms. The van der Waals surface area contributed by atoms with E-state index in [0.717, 1.165) is 11.3 Å². The molecule has 0 spiro atoms. The molecule has 0 radical (unpaired) electrons. The second kappa shape index (κ2) is 5.46. The summed E-state index contributed by atoms with van der Waals surface area (Å²) < 4.78 is 0. The highest BCUT2D eigenvalue weighted by Gasteiger charge is 2.19. The van der Waals surface area contributed by atoms with Gasteiger partial charge in [-0.15, -0.1) is 11.3 Å². The minimum absolute atomic E-state index is 0.0748. The Morgan fingerprint density at radius 3 is 2.69 bits per heavy atom. The van der Waals surface area contributed by atoms with Crippen LogP contribution in [0.4, 0.5) is 0 Å². The van der Waals surface area contributed by atoms with E-state index in [2.05, 4.69) is 13.8 Å². The van der Waals surface area contributed by atoms with Gasteiger partial charge in [0.05, 0.1) is 4.88 Å². The maximum Gasteiger partial charge on any atom is 0.263 e. The van der Waals surface area contributed by atoms with Gasteiger partial charge in [0.25, 0.3) is 5.91 Å². The normalized spacial score (nSPS) is 12.6. The first-order valence-corrected chi connectivity index (χ1v) is 6.39. The summed E-state index contributed by atoms with van der Waals surface area (Å²) in [5.74, 6) is 0.0748. The lowest BCUT2D eigenvalue weighted by Gasteiger charge is -2.22. The number of likely N-dealkylation sites (N-methyl/N-ethyl adjacent to an activating group) is 1. The number of rotatable bonds is 4. The topological polar surface area (TPSA) is 46.3 Å². The van der Waals surface area contributed by atoms with E-state index in [1.807, 2.05) is 13.0 Å². The fourth-order valence-electron chi connectivity index (χ4n) is 1.51. The molecular formula is C12H20N2OS. The van der Waals surface area contributed by atoms with Crippen LogP contribution in [0.3, 0.4) is 0 Å². The van der Waals surface area contributed by atoms with E-state index in [1.54, 1.807) is 23.3 Å². The van der Waals surface area contributed by atoms with Gasteiger partial charge in [0.2, 0.25) is 0 Å². The van der Waals surface area contributed by atoms with Gasteiger partial charge in [-0.05, 0) is 31.9 Å². The zero-order valence-electron chi connectivity index (χ0n) is 10.4. The maximum atomic E-state index is 12.1. The summed E-state index contributed by atoms with van der Waals surface area (Å²) >= 11 is 1.59. The molecule has 3 nitrogen and oxygen atoms in total. The Bertz CT molecular complexity index is 373. The Labute approximate surface area is 101 Å². The van der Waals surface area contributed by atoms with Crippen LogP contribution in [-0.4, -0.2) is 30.4 Å². The first kappa shape index (κ1) is 13.2. The summed E-state index contributed by atoms with van der Waals surface area (Å²) in [5, 5.41) is 0.